The fourth-order valence-corrected chi connectivity index (χ4v) is 4.95. The molecule has 1 aliphatic carbocycles. The summed E-state index contributed by atoms with van der Waals surface area (Å²) in [6, 6.07) is 0.684. The number of fused-ring (bicyclic) bond motifs is 1. The Bertz CT molecular complexity index is 386. The number of nitrogens with zero attached hydrogens (tertiary/aromatic N) is 2. The summed E-state index contributed by atoms with van der Waals surface area (Å²) in [5, 5.41) is 0. The number of ether oxygens (including phenoxy) is 1. The van der Waals surface area contributed by atoms with Crippen LogP contribution in [0.25, 0.3) is 0 Å². The van der Waals surface area contributed by atoms with E-state index in [-0.39, 0.29) is 11.0 Å². The van der Waals surface area contributed by atoms with Gasteiger partial charge in [-0.25, -0.2) is 0 Å². The van der Waals surface area contributed by atoms with Crippen molar-refractivity contribution in [3.05, 3.63) is 0 Å². The lowest BCUT2D eigenvalue weighted by Crippen LogP contribution is -2.81. The molecule has 0 aromatic carbocycles. The predicted molar refractivity (Wildman–Crippen MR) is 86.3 cm³/mol. The largest absolute Gasteiger partial charge is 0.377 e. The molecule has 0 aromatic heterocycles. The van der Waals surface area contributed by atoms with Crippen LogP contribution in [0.5, 0.6) is 0 Å². The van der Waals surface area contributed by atoms with Crippen LogP contribution in [0.2, 0.25) is 0 Å². The molecule has 3 rings (SSSR count). The van der Waals surface area contributed by atoms with Gasteiger partial charge in [0.15, 0.2) is 0 Å². The third-order valence-corrected chi connectivity index (χ3v) is 6.71. The van der Waals surface area contributed by atoms with Crippen molar-refractivity contribution in [3.63, 3.8) is 0 Å². The Hall–Kier alpha value is -0.160. The summed E-state index contributed by atoms with van der Waals surface area (Å²) in [4.78, 5) is 5.11. The molecule has 122 valence electrons. The second-order valence-electron chi connectivity index (χ2n) is 8.08. The van der Waals surface area contributed by atoms with Crippen molar-refractivity contribution in [2.45, 2.75) is 57.7 Å². The van der Waals surface area contributed by atoms with Crippen LogP contribution >= 0.6 is 0 Å². The van der Waals surface area contributed by atoms with Crippen LogP contribution in [0.3, 0.4) is 0 Å². The molecule has 2 heterocycles. The molecule has 4 unspecified atom stereocenters. The molecule has 4 atom stereocenters. The topological polar surface area (TPSA) is 41.7 Å². The zero-order valence-corrected chi connectivity index (χ0v) is 14.3. The first-order valence-corrected chi connectivity index (χ1v) is 8.73. The first-order valence-electron chi connectivity index (χ1n) is 8.73. The summed E-state index contributed by atoms with van der Waals surface area (Å²) < 4.78 is 6.03. The number of hydrogen-bond acceptors (Lipinski definition) is 4. The van der Waals surface area contributed by atoms with E-state index in [0.717, 1.165) is 19.7 Å². The molecule has 0 radical (unpaired) electrons. The van der Waals surface area contributed by atoms with E-state index in [4.69, 9.17) is 10.5 Å². The van der Waals surface area contributed by atoms with Gasteiger partial charge in [0.1, 0.15) is 0 Å². The van der Waals surface area contributed by atoms with Crippen LogP contribution in [0.4, 0.5) is 0 Å². The van der Waals surface area contributed by atoms with E-state index in [1.54, 1.807) is 0 Å². The van der Waals surface area contributed by atoms with Crippen molar-refractivity contribution >= 4 is 0 Å². The van der Waals surface area contributed by atoms with E-state index in [0.29, 0.717) is 18.1 Å². The van der Waals surface area contributed by atoms with E-state index < -0.39 is 0 Å². The Balaban J connectivity index is 1.68. The molecule has 3 aliphatic rings. The summed E-state index contributed by atoms with van der Waals surface area (Å²) in [6.45, 7) is 12.4. The van der Waals surface area contributed by atoms with Crippen molar-refractivity contribution in [1.29, 1.82) is 0 Å². The zero-order valence-electron chi connectivity index (χ0n) is 14.3. The highest BCUT2D eigenvalue weighted by Crippen LogP contribution is 2.57. The highest BCUT2D eigenvalue weighted by Gasteiger charge is 2.66. The van der Waals surface area contributed by atoms with E-state index in [2.05, 4.69) is 37.6 Å². The van der Waals surface area contributed by atoms with Crippen LogP contribution in [-0.4, -0.2) is 67.3 Å². The zero-order chi connectivity index (χ0) is 15.3. The van der Waals surface area contributed by atoms with Crippen LogP contribution in [0.15, 0.2) is 0 Å². The Labute approximate surface area is 130 Å². The van der Waals surface area contributed by atoms with Crippen molar-refractivity contribution in [3.8, 4) is 0 Å². The molecule has 0 bridgehead atoms. The monoisotopic (exact) mass is 295 g/mol. The summed E-state index contributed by atoms with van der Waals surface area (Å²) >= 11 is 0. The van der Waals surface area contributed by atoms with E-state index in [1.165, 1.54) is 32.4 Å². The van der Waals surface area contributed by atoms with Gasteiger partial charge in [0.05, 0.1) is 6.10 Å². The molecule has 2 N–H and O–H groups in total. The molecule has 2 aliphatic heterocycles. The molecule has 3 fully saturated rings. The van der Waals surface area contributed by atoms with Gasteiger partial charge in [-0.2, -0.15) is 0 Å². The third-order valence-electron chi connectivity index (χ3n) is 6.71. The van der Waals surface area contributed by atoms with Crippen LogP contribution in [-0.2, 0) is 4.74 Å². The quantitative estimate of drug-likeness (QED) is 0.858. The maximum atomic E-state index is 6.95. The lowest BCUT2D eigenvalue weighted by Gasteiger charge is -2.67. The fourth-order valence-electron chi connectivity index (χ4n) is 4.95. The van der Waals surface area contributed by atoms with Gasteiger partial charge < -0.3 is 15.4 Å². The normalized spacial score (nSPS) is 44.1. The van der Waals surface area contributed by atoms with Crippen molar-refractivity contribution < 1.29 is 4.74 Å². The summed E-state index contributed by atoms with van der Waals surface area (Å²) in [5.41, 5.74) is 6.98. The maximum absolute atomic E-state index is 6.95. The van der Waals surface area contributed by atoms with Gasteiger partial charge in [-0.15, -0.1) is 0 Å². The lowest BCUT2D eigenvalue weighted by molar-refractivity contribution is -0.233. The average Bonchev–Trinajstić information content (AvgIpc) is 2.49. The highest BCUT2D eigenvalue weighted by molar-refractivity contribution is 5.21. The van der Waals surface area contributed by atoms with Gasteiger partial charge in [-0.05, 0) is 26.3 Å². The molecule has 0 spiro atoms. The number of rotatable bonds is 3. The number of likely N-dealkylation sites (N-methyl/N-ethyl adjacent to an activating group) is 1. The standard InChI is InChI=1S/C17H33N3O/c1-5-13-11-20(9-8-19(13)4)12-17(18)14-7-6-10-21-15(14)16(17,2)3/h13-15H,5-12,18H2,1-4H3. The number of nitrogens with two attached hydrogens (primary N) is 1. The Morgan fingerprint density at radius 3 is 2.76 bits per heavy atom. The van der Waals surface area contributed by atoms with E-state index in [9.17, 15) is 0 Å². The summed E-state index contributed by atoms with van der Waals surface area (Å²) in [7, 11) is 2.25. The second-order valence-corrected chi connectivity index (χ2v) is 8.08. The molecular formula is C17H33N3O. The first-order chi connectivity index (χ1) is 9.90. The van der Waals surface area contributed by atoms with Crippen molar-refractivity contribution in [2.24, 2.45) is 17.1 Å². The number of hydrogen-bond donors (Lipinski definition) is 1. The molecule has 21 heavy (non-hydrogen) atoms. The fraction of sp³-hybridized carbons (Fsp3) is 1.00. The minimum absolute atomic E-state index is 0.0771. The first kappa shape index (κ1) is 15.7. The Kier molecular flexibility index (Phi) is 4.11. The molecule has 0 aromatic rings. The smallest absolute Gasteiger partial charge is 0.0690 e. The van der Waals surface area contributed by atoms with Gasteiger partial charge in [0.2, 0.25) is 0 Å². The minimum atomic E-state index is -0.0771. The van der Waals surface area contributed by atoms with E-state index >= 15 is 0 Å². The minimum Gasteiger partial charge on any atom is -0.377 e. The van der Waals surface area contributed by atoms with Gasteiger partial charge in [0.25, 0.3) is 0 Å². The Morgan fingerprint density at radius 2 is 2.05 bits per heavy atom. The third kappa shape index (κ3) is 2.35. The van der Waals surface area contributed by atoms with E-state index in [1.807, 2.05) is 0 Å². The van der Waals surface area contributed by atoms with Crippen LogP contribution in [0.1, 0.15) is 40.0 Å². The molecule has 4 heteroatoms. The summed E-state index contributed by atoms with van der Waals surface area (Å²) in [5.74, 6) is 0.556. The lowest BCUT2D eigenvalue weighted by atomic mass is 9.46. The summed E-state index contributed by atoms with van der Waals surface area (Å²) in [6.07, 6.45) is 4.03. The number of piperazine rings is 1. The predicted octanol–water partition coefficient (Wildman–Crippen LogP) is 1.54. The van der Waals surface area contributed by atoms with Gasteiger partial charge in [-0.1, -0.05) is 20.8 Å². The molecule has 0 amide bonds. The van der Waals surface area contributed by atoms with Gasteiger partial charge >= 0.3 is 0 Å². The second kappa shape index (κ2) is 5.48. The molecular weight excluding hydrogens is 262 g/mol. The molecule has 4 nitrogen and oxygen atoms in total. The van der Waals surface area contributed by atoms with Gasteiger partial charge in [0, 0.05) is 55.7 Å². The van der Waals surface area contributed by atoms with Crippen molar-refractivity contribution in [2.75, 3.05) is 39.8 Å². The SMILES string of the molecule is CCC1CN(CC2(N)C3CCCOC3C2(C)C)CCN1C. The van der Waals surface area contributed by atoms with Crippen LogP contribution in [0, 0.1) is 11.3 Å². The van der Waals surface area contributed by atoms with Crippen LogP contribution < -0.4 is 5.73 Å². The Morgan fingerprint density at radius 1 is 1.29 bits per heavy atom. The maximum Gasteiger partial charge on any atom is 0.0690 e. The average molecular weight is 295 g/mol. The van der Waals surface area contributed by atoms with Gasteiger partial charge in [-0.3, -0.25) is 4.90 Å². The molecule has 2 saturated heterocycles. The molecule has 1 saturated carbocycles. The van der Waals surface area contributed by atoms with Crippen molar-refractivity contribution in [1.82, 2.24) is 9.80 Å². The highest BCUT2D eigenvalue weighted by atomic mass is 16.5.